The fourth-order valence-corrected chi connectivity index (χ4v) is 3.69. The van der Waals surface area contributed by atoms with Gasteiger partial charge >= 0.3 is 0 Å². The largest absolute Gasteiger partial charge is 0.508 e. The zero-order valence-electron chi connectivity index (χ0n) is 17.5. The Morgan fingerprint density at radius 3 is 2.28 bits per heavy atom. The number of phenolic OH excluding ortho intramolecular Hbond substituents is 1. The van der Waals surface area contributed by atoms with Gasteiger partial charge < -0.3 is 10.4 Å². The zero-order valence-corrected chi connectivity index (χ0v) is 19.1. The summed E-state index contributed by atoms with van der Waals surface area (Å²) < 4.78 is 0.970. The third-order valence-corrected chi connectivity index (χ3v) is 5.56. The summed E-state index contributed by atoms with van der Waals surface area (Å²) in [5.74, 6) is 0.518. The van der Waals surface area contributed by atoms with Crippen LogP contribution in [0.25, 0.3) is 11.3 Å². The van der Waals surface area contributed by atoms with Crippen molar-refractivity contribution in [3.05, 3.63) is 106 Å². The maximum atomic E-state index is 12.8. The van der Waals surface area contributed by atoms with Gasteiger partial charge in [0.1, 0.15) is 5.75 Å². The van der Waals surface area contributed by atoms with Crippen LogP contribution in [0.3, 0.4) is 0 Å². The lowest BCUT2D eigenvalue weighted by atomic mass is 10.1. The number of hydrogen-bond donors (Lipinski definition) is 2. The van der Waals surface area contributed by atoms with Gasteiger partial charge in [-0.2, -0.15) is 0 Å². The molecular weight excluding hydrogens is 466 g/mol. The van der Waals surface area contributed by atoms with Crippen LogP contribution in [-0.2, 0) is 17.6 Å². The number of amides is 1. The van der Waals surface area contributed by atoms with E-state index in [1.54, 1.807) is 12.1 Å². The first-order valence-corrected chi connectivity index (χ1v) is 11.0. The van der Waals surface area contributed by atoms with Crippen molar-refractivity contribution in [3.63, 3.8) is 0 Å². The molecule has 1 aromatic heterocycles. The lowest BCUT2D eigenvalue weighted by Gasteiger charge is -2.14. The second kappa shape index (κ2) is 9.75. The molecule has 2 N–H and O–H groups in total. The number of nitrogens with zero attached hydrogens (tertiary/aromatic N) is 2. The van der Waals surface area contributed by atoms with Crippen LogP contribution < -0.4 is 5.32 Å². The molecule has 0 fully saturated rings. The Morgan fingerprint density at radius 1 is 0.906 bits per heavy atom. The van der Waals surface area contributed by atoms with Gasteiger partial charge in [-0.15, -0.1) is 0 Å². The van der Waals surface area contributed by atoms with E-state index in [4.69, 9.17) is 9.97 Å². The summed E-state index contributed by atoms with van der Waals surface area (Å²) in [7, 11) is 0. The highest BCUT2D eigenvalue weighted by atomic mass is 79.9. The van der Waals surface area contributed by atoms with Gasteiger partial charge in [-0.1, -0.05) is 58.4 Å². The topological polar surface area (TPSA) is 75.1 Å². The molecule has 0 bridgehead atoms. The van der Waals surface area contributed by atoms with Gasteiger partial charge in [-0.25, -0.2) is 9.97 Å². The molecule has 0 spiro atoms. The van der Waals surface area contributed by atoms with Gasteiger partial charge in [0.25, 0.3) is 0 Å². The van der Waals surface area contributed by atoms with Crippen LogP contribution >= 0.6 is 15.9 Å². The fourth-order valence-electron chi connectivity index (χ4n) is 3.42. The van der Waals surface area contributed by atoms with Gasteiger partial charge in [0.05, 0.1) is 23.5 Å². The predicted molar refractivity (Wildman–Crippen MR) is 130 cm³/mol. The third-order valence-electron chi connectivity index (χ3n) is 5.03. The van der Waals surface area contributed by atoms with Crippen LogP contribution in [0.5, 0.6) is 5.75 Å². The number of carbonyl (C=O) groups excluding carboxylic acids is 1. The number of rotatable bonds is 6. The van der Waals surface area contributed by atoms with Crippen molar-refractivity contribution in [2.75, 3.05) is 5.32 Å². The number of aromatic nitrogens is 2. The monoisotopic (exact) mass is 487 g/mol. The minimum Gasteiger partial charge on any atom is -0.508 e. The van der Waals surface area contributed by atoms with Crippen molar-refractivity contribution in [1.29, 1.82) is 0 Å². The highest BCUT2D eigenvalue weighted by molar-refractivity contribution is 9.10. The van der Waals surface area contributed by atoms with Crippen molar-refractivity contribution < 1.29 is 9.90 Å². The van der Waals surface area contributed by atoms with Crippen molar-refractivity contribution in [2.45, 2.75) is 19.8 Å². The van der Waals surface area contributed by atoms with Crippen molar-refractivity contribution in [3.8, 4) is 17.0 Å². The molecule has 0 aliphatic rings. The Hall–Kier alpha value is -3.51. The lowest BCUT2D eigenvalue weighted by Crippen LogP contribution is -2.18. The summed E-state index contributed by atoms with van der Waals surface area (Å²) in [6.45, 7) is 1.87. The molecule has 0 aliphatic heterocycles. The van der Waals surface area contributed by atoms with Crippen molar-refractivity contribution in [2.24, 2.45) is 0 Å². The first-order valence-electron chi connectivity index (χ1n) is 10.2. The predicted octanol–water partition coefficient (Wildman–Crippen LogP) is 5.69. The number of anilines is 1. The molecule has 1 heterocycles. The summed E-state index contributed by atoms with van der Waals surface area (Å²) in [5, 5.41) is 12.6. The molecule has 6 heteroatoms. The van der Waals surface area contributed by atoms with Crippen LogP contribution in [-0.4, -0.2) is 21.0 Å². The minimum absolute atomic E-state index is 0.146. The number of benzene rings is 3. The van der Waals surface area contributed by atoms with Crippen LogP contribution in [0.15, 0.2) is 83.3 Å². The van der Waals surface area contributed by atoms with Crippen molar-refractivity contribution >= 4 is 27.7 Å². The summed E-state index contributed by atoms with van der Waals surface area (Å²) in [6, 6.07) is 24.5. The summed E-state index contributed by atoms with van der Waals surface area (Å²) in [6.07, 6.45) is 0.783. The maximum Gasteiger partial charge on any atom is 0.229 e. The molecule has 0 saturated heterocycles. The number of nitrogens with one attached hydrogen (secondary N) is 1. The maximum absolute atomic E-state index is 12.8. The summed E-state index contributed by atoms with van der Waals surface area (Å²) in [5.41, 5.74) is 4.96. The smallest absolute Gasteiger partial charge is 0.229 e. The number of aryl methyl sites for hydroxylation is 1. The highest BCUT2D eigenvalue weighted by Crippen LogP contribution is 2.26. The van der Waals surface area contributed by atoms with E-state index in [1.165, 1.54) is 0 Å². The Morgan fingerprint density at radius 2 is 1.59 bits per heavy atom. The number of phenols is 1. The first-order chi connectivity index (χ1) is 15.5. The average molecular weight is 488 g/mol. The SMILES string of the molecule is Cc1nc(NC(=O)Cc2ccc(Br)cc2)c(Cc2ccccc2)nc1-c1ccc(O)cc1. The van der Waals surface area contributed by atoms with E-state index in [0.717, 1.165) is 26.9 Å². The number of carbonyl (C=O) groups is 1. The second-order valence-electron chi connectivity index (χ2n) is 7.51. The van der Waals surface area contributed by atoms with Crippen molar-refractivity contribution in [1.82, 2.24) is 9.97 Å². The Labute approximate surface area is 195 Å². The lowest BCUT2D eigenvalue weighted by molar-refractivity contribution is -0.115. The number of aromatic hydroxyl groups is 1. The standard InChI is InChI=1S/C26H22BrN3O2/c1-17-25(20-9-13-22(31)14-10-20)29-23(15-18-5-3-2-4-6-18)26(28-17)30-24(32)16-19-7-11-21(27)12-8-19/h2-14,31H,15-16H2,1H3,(H,28,30,32). The second-order valence-corrected chi connectivity index (χ2v) is 8.43. The molecule has 0 aliphatic carbocycles. The Kier molecular flexibility index (Phi) is 6.61. The van der Waals surface area contributed by atoms with E-state index in [2.05, 4.69) is 21.2 Å². The molecule has 0 unspecified atom stereocenters. The van der Waals surface area contributed by atoms with E-state index in [0.29, 0.717) is 23.6 Å². The molecule has 32 heavy (non-hydrogen) atoms. The molecule has 4 aromatic rings. The van der Waals surface area contributed by atoms with Gasteiger partial charge in [0, 0.05) is 16.5 Å². The summed E-state index contributed by atoms with van der Waals surface area (Å²) >= 11 is 3.41. The molecular formula is C26H22BrN3O2. The molecule has 1 amide bonds. The number of hydrogen-bond acceptors (Lipinski definition) is 4. The summed E-state index contributed by atoms with van der Waals surface area (Å²) in [4.78, 5) is 22.3. The minimum atomic E-state index is -0.146. The number of halogens is 1. The molecule has 0 saturated carbocycles. The quantitative estimate of drug-likeness (QED) is 0.366. The van der Waals surface area contributed by atoms with Crippen LogP contribution in [0.2, 0.25) is 0 Å². The molecule has 0 atom stereocenters. The van der Waals surface area contributed by atoms with Gasteiger partial charge in [0.2, 0.25) is 5.91 Å². The molecule has 4 rings (SSSR count). The first kappa shape index (κ1) is 21.7. The highest BCUT2D eigenvalue weighted by Gasteiger charge is 2.16. The molecule has 0 radical (unpaired) electrons. The van der Waals surface area contributed by atoms with Crippen LogP contribution in [0.4, 0.5) is 5.82 Å². The van der Waals surface area contributed by atoms with Crippen LogP contribution in [0, 0.1) is 6.92 Å². The molecule has 3 aromatic carbocycles. The third kappa shape index (κ3) is 5.39. The van der Waals surface area contributed by atoms with Gasteiger partial charge in [-0.05, 0) is 54.4 Å². The van der Waals surface area contributed by atoms with E-state index < -0.39 is 0 Å². The Balaban J connectivity index is 1.66. The van der Waals surface area contributed by atoms with Crippen LogP contribution in [0.1, 0.15) is 22.5 Å². The molecule has 160 valence electrons. The van der Waals surface area contributed by atoms with E-state index in [-0.39, 0.29) is 18.1 Å². The average Bonchev–Trinajstić information content (AvgIpc) is 2.78. The van der Waals surface area contributed by atoms with Gasteiger partial charge in [0.15, 0.2) is 5.82 Å². The van der Waals surface area contributed by atoms with E-state index in [9.17, 15) is 9.90 Å². The zero-order chi connectivity index (χ0) is 22.5. The Bertz CT molecular complexity index is 1220. The van der Waals surface area contributed by atoms with E-state index >= 15 is 0 Å². The van der Waals surface area contributed by atoms with Gasteiger partial charge in [-0.3, -0.25) is 4.79 Å². The molecule has 5 nitrogen and oxygen atoms in total. The van der Waals surface area contributed by atoms with E-state index in [1.807, 2.05) is 73.7 Å². The normalized spacial score (nSPS) is 10.7. The fraction of sp³-hybridized carbons (Fsp3) is 0.115.